The molecule has 2 aromatic rings. The Balaban J connectivity index is 2.40. The Labute approximate surface area is 133 Å². The zero-order chi connectivity index (χ0) is 16.5. The van der Waals surface area contributed by atoms with Crippen molar-refractivity contribution in [2.45, 2.75) is 11.4 Å². The van der Waals surface area contributed by atoms with E-state index in [2.05, 4.69) is 10.3 Å². The van der Waals surface area contributed by atoms with Gasteiger partial charge in [0.25, 0.3) is 10.1 Å². The lowest BCUT2D eigenvalue weighted by atomic mass is 10.2. The molecule has 0 fully saturated rings. The van der Waals surface area contributed by atoms with Crippen molar-refractivity contribution in [3.63, 3.8) is 0 Å². The number of nitrogens with zero attached hydrogens (tertiary/aromatic N) is 2. The number of aromatic hydroxyl groups is 1. The highest BCUT2D eigenvalue weighted by molar-refractivity contribution is 7.85. The summed E-state index contributed by atoms with van der Waals surface area (Å²) in [5.41, 5.74) is -1.06. The first kappa shape index (κ1) is 16.4. The van der Waals surface area contributed by atoms with Gasteiger partial charge in [0.15, 0.2) is 4.47 Å². The molecule has 22 heavy (non-hydrogen) atoms. The summed E-state index contributed by atoms with van der Waals surface area (Å²) in [5, 5.41) is 23.3. The maximum absolute atomic E-state index is 11.1. The molecule has 0 spiro atoms. The number of phenolic OH excluding ortho intramolecular Hbond substituents is 1. The number of nitrogens with one attached hydrogen (secondary N) is 1. The minimum atomic E-state index is -4.66. The van der Waals surface area contributed by atoms with Crippen LogP contribution in [0.2, 0.25) is 4.47 Å². The van der Waals surface area contributed by atoms with Crippen molar-refractivity contribution in [2.24, 2.45) is 0 Å². The molecule has 1 heterocycles. The van der Waals surface area contributed by atoms with E-state index in [1.54, 1.807) is 0 Å². The molecule has 1 aromatic carbocycles. The first-order valence-corrected chi connectivity index (χ1v) is 8.15. The zero-order valence-electron chi connectivity index (χ0n) is 10.6. The van der Waals surface area contributed by atoms with E-state index in [9.17, 15) is 23.6 Å². The first-order chi connectivity index (χ1) is 10.2. The van der Waals surface area contributed by atoms with Crippen molar-refractivity contribution in [1.29, 1.82) is 0 Å². The molecule has 0 aliphatic carbocycles. The number of anilines is 1. The van der Waals surface area contributed by atoms with Crippen LogP contribution in [0.5, 0.6) is 5.75 Å². The van der Waals surface area contributed by atoms with Gasteiger partial charge < -0.3 is 10.4 Å². The first-order valence-electron chi connectivity index (χ1n) is 5.51. The van der Waals surface area contributed by atoms with Gasteiger partial charge in [0.05, 0.1) is 17.2 Å². The summed E-state index contributed by atoms with van der Waals surface area (Å²) in [6.07, 6.45) is 1.46. The lowest BCUT2D eigenvalue weighted by Crippen LogP contribution is -2.04. The number of halogens is 1. The second-order valence-corrected chi connectivity index (χ2v) is 7.12. The van der Waals surface area contributed by atoms with E-state index in [4.69, 9.17) is 16.2 Å². The highest BCUT2D eigenvalue weighted by Crippen LogP contribution is 2.37. The number of aromatic nitrogens is 1. The average Bonchev–Trinajstić information content (AvgIpc) is 2.81. The molecule has 12 heteroatoms. The predicted molar refractivity (Wildman–Crippen MR) is 79.0 cm³/mol. The van der Waals surface area contributed by atoms with Crippen LogP contribution in [0.3, 0.4) is 0 Å². The molecule has 0 saturated carbocycles. The summed E-state index contributed by atoms with van der Waals surface area (Å²) in [6.45, 7) is 0.101. The summed E-state index contributed by atoms with van der Waals surface area (Å²) in [7, 11) is -4.66. The van der Waals surface area contributed by atoms with Gasteiger partial charge in [-0.25, -0.2) is 4.98 Å². The van der Waals surface area contributed by atoms with Crippen LogP contribution in [-0.4, -0.2) is 28.0 Å². The standard InChI is InChI=1S/C10H8ClN3O6S2/c11-10-13-4-5(21-10)3-12-7-1-6(22(18,19)20)2-8(9(7)15)14(16)17/h1-2,4,12,15H,3H2,(H,18,19,20). The van der Waals surface area contributed by atoms with E-state index >= 15 is 0 Å². The minimum absolute atomic E-state index is 0.101. The Morgan fingerprint density at radius 1 is 1.45 bits per heavy atom. The smallest absolute Gasteiger partial charge is 0.314 e. The summed E-state index contributed by atoms with van der Waals surface area (Å²) < 4.78 is 31.6. The molecule has 0 radical (unpaired) electrons. The van der Waals surface area contributed by atoms with Gasteiger partial charge in [0, 0.05) is 17.1 Å². The fraction of sp³-hybridized carbons (Fsp3) is 0.100. The number of hydrogen-bond donors (Lipinski definition) is 3. The van der Waals surface area contributed by atoms with Gasteiger partial charge in [-0.2, -0.15) is 8.42 Å². The van der Waals surface area contributed by atoms with Crippen LogP contribution in [0, 0.1) is 10.1 Å². The van der Waals surface area contributed by atoms with Crippen molar-refractivity contribution in [2.75, 3.05) is 5.32 Å². The van der Waals surface area contributed by atoms with Crippen LogP contribution < -0.4 is 5.32 Å². The number of rotatable bonds is 5. The van der Waals surface area contributed by atoms with Gasteiger partial charge in [0.2, 0.25) is 5.75 Å². The molecule has 0 saturated heterocycles. The maximum Gasteiger partial charge on any atom is 0.314 e. The number of nitro benzene ring substituents is 1. The number of nitro groups is 1. The number of thiazole rings is 1. The predicted octanol–water partition coefficient (Wildman–Crippen LogP) is 2.27. The van der Waals surface area contributed by atoms with Gasteiger partial charge >= 0.3 is 5.69 Å². The van der Waals surface area contributed by atoms with Gasteiger partial charge in [-0.15, -0.1) is 11.3 Å². The van der Waals surface area contributed by atoms with Gasteiger partial charge in [-0.05, 0) is 6.07 Å². The van der Waals surface area contributed by atoms with Crippen LogP contribution >= 0.6 is 22.9 Å². The van der Waals surface area contributed by atoms with E-state index in [0.29, 0.717) is 15.4 Å². The lowest BCUT2D eigenvalue weighted by molar-refractivity contribution is -0.386. The highest BCUT2D eigenvalue weighted by atomic mass is 35.5. The molecular weight excluding hydrogens is 358 g/mol. The van der Waals surface area contributed by atoms with E-state index in [1.807, 2.05) is 0 Å². The molecule has 0 amide bonds. The van der Waals surface area contributed by atoms with Gasteiger partial charge in [-0.3, -0.25) is 14.7 Å². The van der Waals surface area contributed by atoms with Crippen molar-refractivity contribution in [3.05, 3.63) is 37.8 Å². The fourth-order valence-electron chi connectivity index (χ4n) is 1.56. The summed E-state index contributed by atoms with van der Waals surface area (Å²) >= 11 is 6.80. The maximum atomic E-state index is 11.1. The normalized spacial score (nSPS) is 11.4. The summed E-state index contributed by atoms with van der Waals surface area (Å²) in [5.74, 6) is -0.743. The van der Waals surface area contributed by atoms with Crippen molar-refractivity contribution in [1.82, 2.24) is 4.98 Å². The molecule has 0 aliphatic rings. The molecule has 0 atom stereocenters. The molecule has 118 valence electrons. The Kier molecular flexibility index (Phi) is 4.51. The largest absolute Gasteiger partial charge is 0.501 e. The number of phenols is 1. The summed E-state index contributed by atoms with van der Waals surface area (Å²) in [4.78, 5) is 13.6. The third-order valence-electron chi connectivity index (χ3n) is 2.54. The number of hydrogen-bond acceptors (Lipinski definition) is 8. The van der Waals surface area contributed by atoms with E-state index in [1.165, 1.54) is 6.20 Å². The van der Waals surface area contributed by atoms with Crippen molar-refractivity contribution in [3.8, 4) is 5.75 Å². The Morgan fingerprint density at radius 2 is 2.14 bits per heavy atom. The highest BCUT2D eigenvalue weighted by Gasteiger charge is 2.23. The van der Waals surface area contributed by atoms with Crippen molar-refractivity contribution < 1.29 is 23.0 Å². The zero-order valence-corrected chi connectivity index (χ0v) is 12.9. The molecule has 0 aliphatic heterocycles. The SMILES string of the molecule is O=[N+]([O-])c1cc(S(=O)(=O)O)cc(NCc2cnc(Cl)s2)c1O. The quantitative estimate of drug-likeness (QED) is 0.317. The van der Waals surface area contributed by atoms with E-state index in [0.717, 1.165) is 17.4 Å². The molecule has 0 unspecified atom stereocenters. The van der Waals surface area contributed by atoms with E-state index < -0.39 is 31.4 Å². The fourth-order valence-corrected chi connectivity index (χ4v) is 3.01. The molecule has 3 N–H and O–H groups in total. The third kappa shape index (κ3) is 3.62. The molecule has 9 nitrogen and oxygen atoms in total. The van der Waals surface area contributed by atoms with Crippen LogP contribution in [0.4, 0.5) is 11.4 Å². The Hall–Kier alpha value is -1.95. The van der Waals surface area contributed by atoms with Crippen LogP contribution in [0.1, 0.15) is 4.88 Å². The van der Waals surface area contributed by atoms with Crippen molar-refractivity contribution >= 4 is 44.4 Å². The monoisotopic (exact) mass is 365 g/mol. The Bertz CT molecular complexity index is 835. The van der Waals surface area contributed by atoms with Crippen LogP contribution in [0.25, 0.3) is 0 Å². The second-order valence-electron chi connectivity index (χ2n) is 4.00. The number of benzene rings is 1. The molecule has 0 bridgehead atoms. The molecular formula is C10H8ClN3O6S2. The minimum Gasteiger partial charge on any atom is -0.501 e. The topological polar surface area (TPSA) is 143 Å². The van der Waals surface area contributed by atoms with Gasteiger partial charge in [-0.1, -0.05) is 11.6 Å². The molecule has 1 aromatic heterocycles. The molecule has 2 rings (SSSR count). The Morgan fingerprint density at radius 3 is 2.64 bits per heavy atom. The average molecular weight is 366 g/mol. The van der Waals surface area contributed by atoms with Gasteiger partial charge in [0.1, 0.15) is 4.90 Å². The second kappa shape index (κ2) is 6.04. The third-order valence-corrected chi connectivity index (χ3v) is 4.48. The van der Waals surface area contributed by atoms with E-state index in [-0.39, 0.29) is 12.2 Å². The lowest BCUT2D eigenvalue weighted by Gasteiger charge is -2.09. The van der Waals surface area contributed by atoms with Crippen LogP contribution in [0.15, 0.2) is 23.2 Å². The van der Waals surface area contributed by atoms with Crippen LogP contribution in [-0.2, 0) is 16.7 Å². The summed E-state index contributed by atoms with van der Waals surface area (Å²) in [6, 6.07) is 1.46.